The zero-order chi connectivity index (χ0) is 16.8. The van der Waals surface area contributed by atoms with Gasteiger partial charge < -0.3 is 10.1 Å². The third-order valence-electron chi connectivity index (χ3n) is 3.76. The first kappa shape index (κ1) is 15.8. The predicted molar refractivity (Wildman–Crippen MR) is 92.6 cm³/mol. The van der Waals surface area contributed by atoms with E-state index in [9.17, 15) is 4.79 Å². The highest BCUT2D eigenvalue weighted by atomic mass is 16.5. The smallest absolute Gasteiger partial charge is 0.255 e. The van der Waals surface area contributed by atoms with Gasteiger partial charge in [-0.2, -0.15) is 5.10 Å². The Bertz CT molecular complexity index is 796. The van der Waals surface area contributed by atoms with E-state index in [1.54, 1.807) is 25.4 Å². The minimum Gasteiger partial charge on any atom is -0.496 e. The van der Waals surface area contributed by atoms with Crippen LogP contribution in [-0.2, 0) is 6.42 Å². The first-order chi connectivity index (χ1) is 11.8. The Morgan fingerprint density at radius 3 is 2.62 bits per heavy atom. The van der Waals surface area contributed by atoms with Crippen LogP contribution >= 0.6 is 0 Å². The molecular formula is C19H19N3O2. The van der Waals surface area contributed by atoms with Crippen LogP contribution in [0.25, 0.3) is 5.69 Å². The van der Waals surface area contributed by atoms with Crippen molar-refractivity contribution in [2.75, 3.05) is 13.7 Å². The maximum atomic E-state index is 12.2. The number of aromatic nitrogens is 2. The largest absolute Gasteiger partial charge is 0.496 e. The van der Waals surface area contributed by atoms with Crippen LogP contribution in [0.1, 0.15) is 15.9 Å². The standard InChI is InChI=1S/C19H19N3O2/c1-24-18-6-3-2-5-17(18)19(23)20-13-11-15-7-9-16(10-8-15)22-14-4-12-21-22/h2-10,12,14H,11,13H2,1H3,(H,20,23). The number of nitrogens with one attached hydrogen (secondary N) is 1. The Labute approximate surface area is 140 Å². The van der Waals surface area contributed by atoms with Gasteiger partial charge in [0.25, 0.3) is 5.91 Å². The van der Waals surface area contributed by atoms with E-state index in [0.29, 0.717) is 17.9 Å². The number of benzene rings is 2. The quantitative estimate of drug-likeness (QED) is 0.759. The summed E-state index contributed by atoms with van der Waals surface area (Å²) in [7, 11) is 1.56. The number of carbonyl (C=O) groups excluding carboxylic acids is 1. The van der Waals surface area contributed by atoms with Crippen molar-refractivity contribution in [3.05, 3.63) is 78.1 Å². The predicted octanol–water partition coefficient (Wildman–Crippen LogP) is 2.85. The van der Waals surface area contributed by atoms with Crippen LogP contribution in [0.4, 0.5) is 0 Å². The van der Waals surface area contributed by atoms with Gasteiger partial charge in [0.15, 0.2) is 0 Å². The van der Waals surface area contributed by atoms with Crippen LogP contribution in [0.5, 0.6) is 5.75 Å². The van der Waals surface area contributed by atoms with Crippen LogP contribution in [0.3, 0.4) is 0 Å². The van der Waals surface area contributed by atoms with E-state index in [0.717, 1.165) is 17.7 Å². The average Bonchev–Trinajstić information content (AvgIpc) is 3.17. The fourth-order valence-electron chi connectivity index (χ4n) is 2.48. The van der Waals surface area contributed by atoms with Crippen LogP contribution in [0.2, 0.25) is 0 Å². The van der Waals surface area contributed by atoms with Crippen LogP contribution < -0.4 is 10.1 Å². The average molecular weight is 321 g/mol. The molecule has 0 bridgehead atoms. The van der Waals surface area contributed by atoms with E-state index in [4.69, 9.17) is 4.74 Å². The van der Waals surface area contributed by atoms with Gasteiger partial charge in [-0.3, -0.25) is 4.79 Å². The Balaban J connectivity index is 1.55. The summed E-state index contributed by atoms with van der Waals surface area (Å²) < 4.78 is 7.02. The van der Waals surface area contributed by atoms with Crippen molar-refractivity contribution in [2.24, 2.45) is 0 Å². The van der Waals surface area contributed by atoms with Crippen LogP contribution in [-0.4, -0.2) is 29.3 Å². The molecule has 0 radical (unpaired) electrons. The number of carbonyl (C=O) groups is 1. The molecule has 5 heteroatoms. The van der Waals surface area contributed by atoms with Crippen molar-refractivity contribution < 1.29 is 9.53 Å². The van der Waals surface area contributed by atoms with E-state index in [1.807, 2.05) is 53.3 Å². The summed E-state index contributed by atoms with van der Waals surface area (Å²) in [5.74, 6) is 0.458. The number of hydrogen-bond donors (Lipinski definition) is 1. The Hall–Kier alpha value is -3.08. The van der Waals surface area contributed by atoms with Crippen molar-refractivity contribution >= 4 is 5.91 Å². The van der Waals surface area contributed by atoms with Crippen molar-refractivity contribution in [1.82, 2.24) is 15.1 Å². The van der Waals surface area contributed by atoms with Gasteiger partial charge in [-0.1, -0.05) is 24.3 Å². The first-order valence-electron chi connectivity index (χ1n) is 7.78. The molecule has 0 atom stereocenters. The molecule has 0 fully saturated rings. The lowest BCUT2D eigenvalue weighted by Crippen LogP contribution is -2.26. The summed E-state index contributed by atoms with van der Waals surface area (Å²) in [5.41, 5.74) is 2.72. The lowest BCUT2D eigenvalue weighted by atomic mass is 10.1. The van der Waals surface area contributed by atoms with E-state index >= 15 is 0 Å². The van der Waals surface area contributed by atoms with E-state index in [2.05, 4.69) is 10.4 Å². The lowest BCUT2D eigenvalue weighted by Gasteiger charge is -2.09. The summed E-state index contributed by atoms with van der Waals surface area (Å²) in [6.45, 7) is 0.567. The summed E-state index contributed by atoms with van der Waals surface area (Å²) in [6.07, 6.45) is 4.42. The maximum Gasteiger partial charge on any atom is 0.255 e. The zero-order valence-electron chi connectivity index (χ0n) is 13.5. The zero-order valence-corrected chi connectivity index (χ0v) is 13.5. The molecule has 2 aromatic carbocycles. The van der Waals surface area contributed by atoms with Crippen LogP contribution in [0, 0.1) is 0 Å². The molecule has 1 N–H and O–H groups in total. The van der Waals surface area contributed by atoms with Crippen molar-refractivity contribution in [2.45, 2.75) is 6.42 Å². The highest BCUT2D eigenvalue weighted by Gasteiger charge is 2.10. The molecule has 24 heavy (non-hydrogen) atoms. The third kappa shape index (κ3) is 3.63. The molecule has 1 amide bonds. The number of methoxy groups -OCH3 is 1. The number of para-hydroxylation sites is 1. The summed E-state index contributed by atoms with van der Waals surface area (Å²) >= 11 is 0. The fourth-order valence-corrected chi connectivity index (χ4v) is 2.48. The summed E-state index contributed by atoms with van der Waals surface area (Å²) in [5, 5.41) is 7.13. The van der Waals surface area contributed by atoms with Gasteiger partial charge in [0.1, 0.15) is 5.75 Å². The third-order valence-corrected chi connectivity index (χ3v) is 3.76. The molecule has 1 heterocycles. The minimum atomic E-state index is -0.124. The van der Waals surface area contributed by atoms with Gasteiger partial charge >= 0.3 is 0 Å². The topological polar surface area (TPSA) is 56.1 Å². The summed E-state index contributed by atoms with van der Waals surface area (Å²) in [4.78, 5) is 12.2. The second kappa shape index (κ2) is 7.46. The summed E-state index contributed by atoms with van der Waals surface area (Å²) in [6, 6.07) is 17.2. The molecule has 0 saturated carbocycles. The maximum absolute atomic E-state index is 12.2. The molecule has 3 rings (SSSR count). The van der Waals surface area contributed by atoms with Gasteiger partial charge in [0.2, 0.25) is 0 Å². The molecule has 0 spiro atoms. The SMILES string of the molecule is COc1ccccc1C(=O)NCCc1ccc(-n2cccn2)cc1. The first-order valence-corrected chi connectivity index (χ1v) is 7.78. The number of rotatable bonds is 6. The fraction of sp³-hybridized carbons (Fsp3) is 0.158. The van der Waals surface area contributed by atoms with E-state index < -0.39 is 0 Å². The molecule has 0 aliphatic rings. The molecule has 0 unspecified atom stereocenters. The molecule has 0 aliphatic heterocycles. The second-order valence-corrected chi connectivity index (χ2v) is 5.32. The normalized spacial score (nSPS) is 10.4. The van der Waals surface area contributed by atoms with Crippen molar-refractivity contribution in [1.29, 1.82) is 0 Å². The van der Waals surface area contributed by atoms with E-state index in [1.165, 1.54) is 0 Å². The van der Waals surface area contributed by atoms with Gasteiger partial charge in [0.05, 0.1) is 18.4 Å². The van der Waals surface area contributed by atoms with Crippen molar-refractivity contribution in [3.8, 4) is 11.4 Å². The number of amides is 1. The molecule has 0 saturated heterocycles. The molecule has 3 aromatic rings. The molecule has 122 valence electrons. The number of ether oxygens (including phenoxy) is 1. The Kier molecular flexibility index (Phi) is 4.91. The van der Waals surface area contributed by atoms with Crippen LogP contribution in [0.15, 0.2) is 67.0 Å². The van der Waals surface area contributed by atoms with Gasteiger partial charge in [0, 0.05) is 18.9 Å². The van der Waals surface area contributed by atoms with E-state index in [-0.39, 0.29) is 5.91 Å². The van der Waals surface area contributed by atoms with Gasteiger partial charge in [-0.25, -0.2) is 4.68 Å². The lowest BCUT2D eigenvalue weighted by molar-refractivity contribution is 0.0951. The van der Waals surface area contributed by atoms with Gasteiger partial charge in [-0.05, 0) is 42.3 Å². The molecular weight excluding hydrogens is 302 g/mol. The number of hydrogen-bond acceptors (Lipinski definition) is 3. The second-order valence-electron chi connectivity index (χ2n) is 5.32. The Morgan fingerprint density at radius 1 is 1.12 bits per heavy atom. The molecule has 5 nitrogen and oxygen atoms in total. The monoisotopic (exact) mass is 321 g/mol. The highest BCUT2D eigenvalue weighted by molar-refractivity contribution is 5.96. The minimum absolute atomic E-state index is 0.124. The van der Waals surface area contributed by atoms with Gasteiger partial charge in [-0.15, -0.1) is 0 Å². The molecule has 0 aliphatic carbocycles. The number of nitrogens with zero attached hydrogens (tertiary/aromatic N) is 2. The Morgan fingerprint density at radius 2 is 1.92 bits per heavy atom. The molecule has 1 aromatic heterocycles. The highest BCUT2D eigenvalue weighted by Crippen LogP contribution is 2.16. The van der Waals surface area contributed by atoms with Crippen molar-refractivity contribution in [3.63, 3.8) is 0 Å².